The van der Waals surface area contributed by atoms with E-state index in [0.29, 0.717) is 30.5 Å². The van der Waals surface area contributed by atoms with E-state index in [-0.39, 0.29) is 24.3 Å². The minimum absolute atomic E-state index is 0.0238. The van der Waals surface area contributed by atoms with Gasteiger partial charge in [0.05, 0.1) is 12.5 Å². The molecule has 0 aliphatic heterocycles. The first-order chi connectivity index (χ1) is 14.1. The van der Waals surface area contributed by atoms with Crippen LogP contribution in [0.25, 0.3) is 0 Å². The van der Waals surface area contributed by atoms with Crippen molar-refractivity contribution in [1.29, 1.82) is 0 Å². The number of carbonyl (C=O) groups excluding carboxylic acids is 2. The highest BCUT2D eigenvalue weighted by atomic mass is 16.5. The fraction of sp³-hybridized carbons (Fsp3) is 0.522. The van der Waals surface area contributed by atoms with Crippen LogP contribution in [0.2, 0.25) is 0 Å². The molecule has 0 unspecified atom stereocenters. The molecule has 1 aromatic carbocycles. The van der Waals surface area contributed by atoms with Crippen LogP contribution in [0.4, 0.5) is 5.82 Å². The topological polar surface area (TPSA) is 75.4 Å². The zero-order chi connectivity index (χ0) is 20.6. The lowest BCUT2D eigenvalue weighted by Gasteiger charge is -2.32. The lowest BCUT2D eigenvalue weighted by molar-refractivity contribution is -0.137. The summed E-state index contributed by atoms with van der Waals surface area (Å²) in [5.41, 5.74) is 1.00. The highest BCUT2D eigenvalue weighted by Crippen LogP contribution is 2.27. The second-order valence-corrected chi connectivity index (χ2v) is 7.97. The molecule has 2 amide bonds. The SMILES string of the molecule is CC[C@@H](C(=O)N(CC(=O)Nc1cc(C)on1)CC1CCCCC1)c1ccccc1. The summed E-state index contributed by atoms with van der Waals surface area (Å²) < 4.78 is 5.01. The van der Waals surface area contributed by atoms with E-state index in [9.17, 15) is 9.59 Å². The summed E-state index contributed by atoms with van der Waals surface area (Å²) in [6, 6.07) is 11.5. The van der Waals surface area contributed by atoms with E-state index in [1.165, 1.54) is 19.3 Å². The molecule has 1 atom stereocenters. The molecule has 1 aliphatic rings. The Morgan fingerprint density at radius 1 is 1.21 bits per heavy atom. The number of carbonyl (C=O) groups is 2. The third-order valence-corrected chi connectivity index (χ3v) is 5.65. The Kier molecular flexibility index (Phi) is 7.44. The maximum Gasteiger partial charge on any atom is 0.245 e. The summed E-state index contributed by atoms with van der Waals surface area (Å²) in [4.78, 5) is 27.8. The van der Waals surface area contributed by atoms with Crippen molar-refractivity contribution in [3.63, 3.8) is 0 Å². The number of hydrogen-bond acceptors (Lipinski definition) is 4. The van der Waals surface area contributed by atoms with Crippen LogP contribution >= 0.6 is 0 Å². The van der Waals surface area contributed by atoms with E-state index in [4.69, 9.17) is 4.52 Å². The van der Waals surface area contributed by atoms with Crippen LogP contribution in [-0.4, -0.2) is 35.0 Å². The lowest BCUT2D eigenvalue weighted by Crippen LogP contribution is -2.43. The highest BCUT2D eigenvalue weighted by molar-refractivity contribution is 5.95. The first-order valence-electron chi connectivity index (χ1n) is 10.6. The monoisotopic (exact) mass is 397 g/mol. The molecular weight excluding hydrogens is 366 g/mol. The summed E-state index contributed by atoms with van der Waals surface area (Å²) >= 11 is 0. The van der Waals surface area contributed by atoms with E-state index >= 15 is 0 Å². The zero-order valence-corrected chi connectivity index (χ0v) is 17.4. The van der Waals surface area contributed by atoms with E-state index in [2.05, 4.69) is 10.5 Å². The van der Waals surface area contributed by atoms with Crippen molar-refractivity contribution in [2.24, 2.45) is 5.92 Å². The number of anilines is 1. The zero-order valence-electron chi connectivity index (χ0n) is 17.4. The number of amides is 2. The number of nitrogens with one attached hydrogen (secondary N) is 1. The van der Waals surface area contributed by atoms with Gasteiger partial charge in [-0.05, 0) is 37.7 Å². The van der Waals surface area contributed by atoms with E-state index in [1.54, 1.807) is 17.9 Å². The molecule has 0 spiro atoms. The van der Waals surface area contributed by atoms with E-state index < -0.39 is 0 Å². The average molecular weight is 398 g/mol. The average Bonchev–Trinajstić information content (AvgIpc) is 3.14. The molecule has 1 aliphatic carbocycles. The van der Waals surface area contributed by atoms with Crippen molar-refractivity contribution < 1.29 is 14.1 Å². The van der Waals surface area contributed by atoms with Crippen LogP contribution in [0, 0.1) is 12.8 Å². The molecule has 1 aromatic heterocycles. The number of aromatic nitrogens is 1. The first-order valence-corrected chi connectivity index (χ1v) is 10.6. The van der Waals surface area contributed by atoms with Gasteiger partial charge in [0, 0.05) is 12.6 Å². The molecule has 1 N–H and O–H groups in total. The fourth-order valence-electron chi connectivity index (χ4n) is 4.15. The number of nitrogens with zero attached hydrogens (tertiary/aromatic N) is 2. The maximum absolute atomic E-state index is 13.5. The van der Waals surface area contributed by atoms with Crippen LogP contribution < -0.4 is 5.32 Å². The van der Waals surface area contributed by atoms with Crippen molar-refractivity contribution in [3.05, 3.63) is 47.7 Å². The summed E-state index contributed by atoms with van der Waals surface area (Å²) in [7, 11) is 0. The van der Waals surface area contributed by atoms with Gasteiger partial charge >= 0.3 is 0 Å². The summed E-state index contributed by atoms with van der Waals surface area (Å²) in [5, 5.41) is 6.56. The molecule has 6 heteroatoms. The molecule has 6 nitrogen and oxygen atoms in total. The van der Waals surface area contributed by atoms with Gasteiger partial charge in [0.25, 0.3) is 0 Å². The molecule has 3 rings (SSSR count). The third kappa shape index (κ3) is 5.92. The Bertz CT molecular complexity index is 797. The van der Waals surface area contributed by atoms with Crippen LogP contribution in [0.1, 0.15) is 62.7 Å². The summed E-state index contributed by atoms with van der Waals surface area (Å²) in [6.07, 6.45) is 6.61. The van der Waals surface area contributed by atoms with Crippen molar-refractivity contribution >= 4 is 17.6 Å². The second-order valence-electron chi connectivity index (χ2n) is 7.97. The van der Waals surface area contributed by atoms with Gasteiger partial charge in [0.15, 0.2) is 5.82 Å². The molecule has 0 saturated heterocycles. The third-order valence-electron chi connectivity index (χ3n) is 5.65. The van der Waals surface area contributed by atoms with Crippen LogP contribution in [0.15, 0.2) is 40.9 Å². The Morgan fingerprint density at radius 2 is 1.93 bits per heavy atom. The Morgan fingerprint density at radius 3 is 2.55 bits per heavy atom. The molecule has 2 aromatic rings. The predicted molar refractivity (Wildman–Crippen MR) is 112 cm³/mol. The number of aryl methyl sites for hydroxylation is 1. The van der Waals surface area contributed by atoms with Gasteiger partial charge in [-0.1, -0.05) is 61.7 Å². The number of benzene rings is 1. The lowest BCUT2D eigenvalue weighted by atomic mass is 9.88. The predicted octanol–water partition coefficient (Wildman–Crippen LogP) is 4.52. The van der Waals surface area contributed by atoms with E-state index in [0.717, 1.165) is 18.4 Å². The van der Waals surface area contributed by atoms with Crippen molar-refractivity contribution in [1.82, 2.24) is 10.1 Å². The first kappa shape index (κ1) is 21.1. The van der Waals surface area contributed by atoms with Crippen LogP contribution in [-0.2, 0) is 9.59 Å². The van der Waals surface area contributed by atoms with Crippen molar-refractivity contribution in [2.45, 2.75) is 58.3 Å². The second kappa shape index (κ2) is 10.2. The fourth-order valence-corrected chi connectivity index (χ4v) is 4.15. The Labute approximate surface area is 172 Å². The Balaban J connectivity index is 1.73. The van der Waals surface area contributed by atoms with Gasteiger partial charge in [-0.2, -0.15) is 0 Å². The van der Waals surface area contributed by atoms with Crippen molar-refractivity contribution in [3.8, 4) is 0 Å². The maximum atomic E-state index is 13.5. The summed E-state index contributed by atoms with van der Waals surface area (Å²) in [5.74, 6) is 1.02. The van der Waals surface area contributed by atoms with Gasteiger partial charge in [-0.3, -0.25) is 9.59 Å². The molecular formula is C23H31N3O3. The Hall–Kier alpha value is -2.63. The molecule has 1 heterocycles. The molecule has 0 radical (unpaired) electrons. The largest absolute Gasteiger partial charge is 0.360 e. The van der Waals surface area contributed by atoms with Gasteiger partial charge in [0.2, 0.25) is 11.8 Å². The van der Waals surface area contributed by atoms with Gasteiger partial charge in [-0.15, -0.1) is 0 Å². The normalized spacial score (nSPS) is 15.7. The van der Waals surface area contributed by atoms with Gasteiger partial charge in [0.1, 0.15) is 5.76 Å². The molecule has 1 fully saturated rings. The number of rotatable bonds is 8. The van der Waals surface area contributed by atoms with Crippen LogP contribution in [0.5, 0.6) is 0 Å². The highest BCUT2D eigenvalue weighted by Gasteiger charge is 2.28. The quantitative estimate of drug-likeness (QED) is 0.710. The van der Waals surface area contributed by atoms with Crippen LogP contribution in [0.3, 0.4) is 0 Å². The molecule has 0 bridgehead atoms. The minimum atomic E-state index is -0.245. The van der Waals surface area contributed by atoms with Gasteiger partial charge in [-0.25, -0.2) is 0 Å². The van der Waals surface area contributed by atoms with Crippen molar-refractivity contribution in [2.75, 3.05) is 18.4 Å². The molecule has 156 valence electrons. The molecule has 1 saturated carbocycles. The minimum Gasteiger partial charge on any atom is -0.360 e. The van der Waals surface area contributed by atoms with Gasteiger partial charge < -0.3 is 14.7 Å². The standard InChI is InChI=1S/C23H31N3O3/c1-3-20(19-12-8-5-9-13-19)23(28)26(15-18-10-6-4-7-11-18)16-22(27)24-21-14-17(2)29-25-21/h5,8-9,12-14,18,20H,3-4,6-7,10-11,15-16H2,1-2H3,(H,24,25,27)/t20-/m1/s1. The number of hydrogen-bond donors (Lipinski definition) is 1. The molecule has 29 heavy (non-hydrogen) atoms. The summed E-state index contributed by atoms with van der Waals surface area (Å²) in [6.45, 7) is 4.46. The van der Waals surface area contributed by atoms with E-state index in [1.807, 2.05) is 37.3 Å². The smallest absolute Gasteiger partial charge is 0.245 e.